The Morgan fingerprint density at radius 1 is 1.53 bits per heavy atom. The zero-order chi connectivity index (χ0) is 14.5. The van der Waals surface area contributed by atoms with Crippen LogP contribution in [0.15, 0.2) is 18.3 Å². The number of rotatable bonds is 5. The highest BCUT2D eigenvalue weighted by Crippen LogP contribution is 2.13. The van der Waals surface area contributed by atoms with Crippen molar-refractivity contribution in [2.75, 3.05) is 11.9 Å². The summed E-state index contributed by atoms with van der Waals surface area (Å²) in [6, 6.07) is 2.04. The van der Waals surface area contributed by atoms with Gasteiger partial charge in [0, 0.05) is 6.07 Å². The van der Waals surface area contributed by atoms with E-state index in [0.29, 0.717) is 5.69 Å². The summed E-state index contributed by atoms with van der Waals surface area (Å²) in [7, 11) is 0. The molecule has 0 bridgehead atoms. The third-order valence-electron chi connectivity index (χ3n) is 2.05. The van der Waals surface area contributed by atoms with E-state index in [-0.39, 0.29) is 12.5 Å². The first-order valence-electron chi connectivity index (χ1n) is 5.43. The van der Waals surface area contributed by atoms with E-state index in [4.69, 9.17) is 5.11 Å². The Balaban J connectivity index is 2.56. The molecule has 19 heavy (non-hydrogen) atoms. The highest BCUT2D eigenvalue weighted by Gasteiger charge is 2.19. The maximum Gasteiger partial charge on any atom is 0.388 e. The van der Waals surface area contributed by atoms with Crippen LogP contribution in [0.1, 0.15) is 13.8 Å². The number of pyridine rings is 1. The molecule has 0 saturated heterocycles. The molecule has 3 N–H and O–H groups in total. The van der Waals surface area contributed by atoms with Gasteiger partial charge in [-0.15, -0.1) is 0 Å². The Labute approximate surface area is 108 Å². The van der Waals surface area contributed by atoms with Crippen LogP contribution < -0.4 is 15.4 Å². The molecule has 1 rings (SSSR count). The zero-order valence-electron chi connectivity index (χ0n) is 10.5. The minimum atomic E-state index is -2.94. The molecular formula is C11H15F2N3O3. The summed E-state index contributed by atoms with van der Waals surface area (Å²) >= 11 is 0. The number of alkyl halides is 2. The van der Waals surface area contributed by atoms with Crippen molar-refractivity contribution in [3.05, 3.63) is 18.3 Å². The molecular weight excluding hydrogens is 260 g/mol. The van der Waals surface area contributed by atoms with Gasteiger partial charge >= 0.3 is 12.6 Å². The molecule has 0 aliphatic rings. The van der Waals surface area contributed by atoms with Gasteiger partial charge in [0.25, 0.3) is 0 Å². The average molecular weight is 275 g/mol. The number of carbonyl (C=O) groups excluding carboxylic acids is 1. The van der Waals surface area contributed by atoms with Crippen LogP contribution in [0.4, 0.5) is 19.3 Å². The zero-order valence-corrected chi connectivity index (χ0v) is 10.5. The smallest absolute Gasteiger partial charge is 0.388 e. The number of aliphatic hydroxyl groups is 1. The van der Waals surface area contributed by atoms with Gasteiger partial charge in [-0.25, -0.2) is 9.78 Å². The van der Waals surface area contributed by atoms with Crippen molar-refractivity contribution in [1.82, 2.24) is 10.3 Å². The van der Waals surface area contributed by atoms with E-state index in [1.165, 1.54) is 18.3 Å². The quantitative estimate of drug-likeness (QED) is 0.761. The van der Waals surface area contributed by atoms with Crippen LogP contribution in [-0.4, -0.2) is 34.9 Å². The molecule has 8 heteroatoms. The van der Waals surface area contributed by atoms with Gasteiger partial charge in [-0.05, 0) is 19.9 Å². The lowest BCUT2D eigenvalue weighted by molar-refractivity contribution is -0.0528. The number of amides is 2. The third kappa shape index (κ3) is 5.47. The standard InChI is InChI=1S/C11H15F2N3O3/c1-11(2,6-17)16-10(18)15-7-3-4-8(14-5-7)19-9(12)13/h3-5,9,17H,6H2,1-2H3,(H2,15,16,18). The van der Waals surface area contributed by atoms with Crippen LogP contribution in [0.3, 0.4) is 0 Å². The van der Waals surface area contributed by atoms with Crippen molar-refractivity contribution < 1.29 is 23.4 Å². The second kappa shape index (κ2) is 6.28. The molecule has 0 fully saturated rings. The number of anilines is 1. The molecule has 1 heterocycles. The van der Waals surface area contributed by atoms with Crippen LogP contribution in [-0.2, 0) is 0 Å². The van der Waals surface area contributed by atoms with Gasteiger partial charge < -0.3 is 20.5 Å². The highest BCUT2D eigenvalue weighted by molar-refractivity contribution is 5.89. The van der Waals surface area contributed by atoms with E-state index in [0.717, 1.165) is 0 Å². The molecule has 1 aromatic rings. The molecule has 106 valence electrons. The second-order valence-corrected chi connectivity index (χ2v) is 4.38. The first-order chi connectivity index (χ1) is 8.82. The summed E-state index contributed by atoms with van der Waals surface area (Å²) in [5.41, 5.74) is -0.455. The fourth-order valence-electron chi connectivity index (χ4n) is 1.12. The molecule has 0 aliphatic heterocycles. The maximum absolute atomic E-state index is 11.9. The number of aromatic nitrogens is 1. The number of urea groups is 1. The summed E-state index contributed by atoms with van der Waals surface area (Å²) in [4.78, 5) is 15.1. The van der Waals surface area contributed by atoms with Crippen LogP contribution in [0.5, 0.6) is 5.88 Å². The monoisotopic (exact) mass is 275 g/mol. The van der Waals surface area contributed by atoms with Gasteiger partial charge in [-0.3, -0.25) is 0 Å². The lowest BCUT2D eigenvalue weighted by Gasteiger charge is -2.23. The minimum Gasteiger partial charge on any atom is -0.417 e. The molecule has 0 aliphatic carbocycles. The lowest BCUT2D eigenvalue weighted by atomic mass is 10.1. The highest BCUT2D eigenvalue weighted by atomic mass is 19.3. The van der Waals surface area contributed by atoms with Crippen molar-refractivity contribution in [2.45, 2.75) is 26.0 Å². The Morgan fingerprint density at radius 3 is 2.68 bits per heavy atom. The summed E-state index contributed by atoms with van der Waals surface area (Å²) in [5.74, 6) is -0.239. The fourth-order valence-corrected chi connectivity index (χ4v) is 1.12. The Morgan fingerprint density at radius 2 is 2.21 bits per heavy atom. The Kier molecular flexibility index (Phi) is 4.99. The van der Waals surface area contributed by atoms with Gasteiger partial charge in [0.05, 0.1) is 24.0 Å². The maximum atomic E-state index is 11.9. The van der Waals surface area contributed by atoms with E-state index in [1.807, 2.05) is 0 Å². The average Bonchev–Trinajstić information content (AvgIpc) is 2.30. The third-order valence-corrected chi connectivity index (χ3v) is 2.05. The molecule has 6 nitrogen and oxygen atoms in total. The lowest BCUT2D eigenvalue weighted by Crippen LogP contribution is -2.48. The van der Waals surface area contributed by atoms with Gasteiger partial charge in [-0.2, -0.15) is 8.78 Å². The predicted molar refractivity (Wildman–Crippen MR) is 64.2 cm³/mol. The van der Waals surface area contributed by atoms with Gasteiger partial charge in [0.2, 0.25) is 5.88 Å². The summed E-state index contributed by atoms with van der Waals surface area (Å²) < 4.78 is 27.8. The molecule has 0 atom stereocenters. The van der Waals surface area contributed by atoms with E-state index >= 15 is 0 Å². The summed E-state index contributed by atoms with van der Waals surface area (Å²) in [6.45, 7) is 0.120. The number of ether oxygens (including phenoxy) is 1. The Bertz CT molecular complexity index is 424. The van der Waals surface area contributed by atoms with E-state index < -0.39 is 18.2 Å². The van der Waals surface area contributed by atoms with E-state index in [2.05, 4.69) is 20.4 Å². The SMILES string of the molecule is CC(C)(CO)NC(=O)Nc1ccc(OC(F)F)nc1. The van der Waals surface area contributed by atoms with Crippen LogP contribution in [0, 0.1) is 0 Å². The molecule has 0 aromatic carbocycles. The molecule has 0 radical (unpaired) electrons. The first kappa shape index (κ1) is 15.1. The van der Waals surface area contributed by atoms with Gasteiger partial charge in [-0.1, -0.05) is 0 Å². The van der Waals surface area contributed by atoms with Crippen molar-refractivity contribution in [1.29, 1.82) is 0 Å². The van der Waals surface area contributed by atoms with Crippen molar-refractivity contribution in [3.63, 3.8) is 0 Å². The number of nitrogens with one attached hydrogen (secondary N) is 2. The molecule has 0 unspecified atom stereocenters. The largest absolute Gasteiger partial charge is 0.417 e. The second-order valence-electron chi connectivity index (χ2n) is 4.38. The number of hydrogen-bond acceptors (Lipinski definition) is 4. The van der Waals surface area contributed by atoms with Crippen LogP contribution >= 0.6 is 0 Å². The number of nitrogens with zero attached hydrogens (tertiary/aromatic N) is 1. The number of halogens is 2. The normalized spacial score (nSPS) is 11.3. The van der Waals surface area contributed by atoms with Crippen LogP contribution in [0.25, 0.3) is 0 Å². The topological polar surface area (TPSA) is 83.5 Å². The predicted octanol–water partition coefficient (Wildman–Crippen LogP) is 1.58. The minimum absolute atomic E-state index is 0.222. The fraction of sp³-hybridized carbons (Fsp3) is 0.455. The number of hydrogen-bond donors (Lipinski definition) is 3. The summed E-state index contributed by atoms with van der Waals surface area (Å²) in [5, 5.41) is 14.0. The molecule has 1 aromatic heterocycles. The van der Waals surface area contributed by atoms with Crippen molar-refractivity contribution >= 4 is 11.7 Å². The molecule has 0 spiro atoms. The molecule has 2 amide bonds. The Hall–Kier alpha value is -1.96. The number of aliphatic hydroxyl groups excluding tert-OH is 1. The van der Waals surface area contributed by atoms with Crippen LogP contribution in [0.2, 0.25) is 0 Å². The van der Waals surface area contributed by atoms with Crippen molar-refractivity contribution in [2.24, 2.45) is 0 Å². The number of carbonyl (C=O) groups is 1. The van der Waals surface area contributed by atoms with Gasteiger partial charge in [0.1, 0.15) is 0 Å². The van der Waals surface area contributed by atoms with Gasteiger partial charge in [0.15, 0.2) is 0 Å². The molecule has 0 saturated carbocycles. The summed E-state index contributed by atoms with van der Waals surface area (Å²) in [6.07, 6.45) is 1.18. The van der Waals surface area contributed by atoms with Crippen molar-refractivity contribution in [3.8, 4) is 5.88 Å². The first-order valence-corrected chi connectivity index (χ1v) is 5.43. The van der Waals surface area contributed by atoms with E-state index in [9.17, 15) is 13.6 Å². The van der Waals surface area contributed by atoms with E-state index in [1.54, 1.807) is 13.8 Å².